The van der Waals surface area contributed by atoms with Gasteiger partial charge in [-0.2, -0.15) is 5.26 Å². The van der Waals surface area contributed by atoms with Crippen LogP contribution in [-0.2, 0) is 5.41 Å². The second-order valence-electron chi connectivity index (χ2n) is 5.68. The molecule has 0 unspecified atom stereocenters. The summed E-state index contributed by atoms with van der Waals surface area (Å²) in [4.78, 5) is 4.17. The summed E-state index contributed by atoms with van der Waals surface area (Å²) in [6.45, 7) is 6.52. The number of hydrogen-bond donors (Lipinski definition) is 2. The van der Waals surface area contributed by atoms with Gasteiger partial charge in [0, 0.05) is 11.9 Å². The van der Waals surface area contributed by atoms with Gasteiger partial charge in [0.2, 0.25) is 0 Å². The van der Waals surface area contributed by atoms with Crippen molar-refractivity contribution in [1.29, 1.82) is 5.26 Å². The quantitative estimate of drug-likeness (QED) is 0.871. The van der Waals surface area contributed by atoms with Crippen LogP contribution >= 0.6 is 0 Å². The maximum absolute atomic E-state index is 8.95. The molecule has 1 aromatic heterocycles. The first-order chi connectivity index (χ1) is 9.41. The zero-order valence-electron chi connectivity index (χ0n) is 11.9. The van der Waals surface area contributed by atoms with Crippen molar-refractivity contribution in [2.24, 2.45) is 0 Å². The highest BCUT2D eigenvalue weighted by Crippen LogP contribution is 2.26. The van der Waals surface area contributed by atoms with Crippen molar-refractivity contribution in [3.8, 4) is 6.07 Å². The third kappa shape index (κ3) is 2.89. The summed E-state index contributed by atoms with van der Waals surface area (Å²) in [5, 5.41) is 12.1. The van der Waals surface area contributed by atoms with E-state index < -0.39 is 0 Å². The van der Waals surface area contributed by atoms with Crippen molar-refractivity contribution in [2.45, 2.75) is 26.2 Å². The first-order valence-corrected chi connectivity index (χ1v) is 6.44. The standard InChI is InChI=1S/C16H18N4/c1-16(2,3)12-4-6-13(7-5-12)20-15-14(18)11(10-17)8-9-19-15/h4-9H,18H2,1-3H3,(H,19,20). The molecule has 102 valence electrons. The van der Waals surface area contributed by atoms with Crippen LogP contribution in [0.15, 0.2) is 36.5 Å². The zero-order chi connectivity index (χ0) is 14.8. The largest absolute Gasteiger partial charge is 0.395 e. The first kappa shape index (κ1) is 13.9. The van der Waals surface area contributed by atoms with Gasteiger partial charge in [0.1, 0.15) is 6.07 Å². The molecule has 1 aromatic carbocycles. The average molecular weight is 266 g/mol. The number of aromatic nitrogens is 1. The second-order valence-corrected chi connectivity index (χ2v) is 5.68. The summed E-state index contributed by atoms with van der Waals surface area (Å²) in [5.74, 6) is 0.507. The minimum Gasteiger partial charge on any atom is -0.395 e. The van der Waals surface area contributed by atoms with Gasteiger partial charge in [-0.25, -0.2) is 4.98 Å². The molecule has 2 rings (SSSR count). The predicted molar refractivity (Wildman–Crippen MR) is 81.8 cm³/mol. The fourth-order valence-corrected chi connectivity index (χ4v) is 1.86. The summed E-state index contributed by atoms with van der Waals surface area (Å²) in [5.41, 5.74) is 8.96. The Morgan fingerprint density at radius 2 is 1.80 bits per heavy atom. The van der Waals surface area contributed by atoms with Crippen molar-refractivity contribution in [3.63, 3.8) is 0 Å². The highest BCUT2D eigenvalue weighted by atomic mass is 15.0. The fourth-order valence-electron chi connectivity index (χ4n) is 1.86. The van der Waals surface area contributed by atoms with E-state index in [0.717, 1.165) is 5.69 Å². The first-order valence-electron chi connectivity index (χ1n) is 6.44. The molecule has 0 atom stereocenters. The monoisotopic (exact) mass is 266 g/mol. The lowest BCUT2D eigenvalue weighted by atomic mass is 9.87. The Kier molecular flexibility index (Phi) is 3.62. The molecule has 0 aliphatic carbocycles. The third-order valence-electron chi connectivity index (χ3n) is 3.12. The van der Waals surface area contributed by atoms with Gasteiger partial charge < -0.3 is 11.1 Å². The van der Waals surface area contributed by atoms with E-state index in [4.69, 9.17) is 11.0 Å². The minimum absolute atomic E-state index is 0.122. The summed E-state index contributed by atoms with van der Waals surface area (Å²) < 4.78 is 0. The summed E-state index contributed by atoms with van der Waals surface area (Å²) in [6, 6.07) is 11.8. The van der Waals surface area contributed by atoms with Crippen molar-refractivity contribution in [1.82, 2.24) is 4.98 Å². The SMILES string of the molecule is CC(C)(C)c1ccc(Nc2nccc(C#N)c2N)cc1. The molecule has 1 heterocycles. The highest BCUT2D eigenvalue weighted by Gasteiger charge is 2.13. The Balaban J connectivity index is 2.26. The molecule has 0 spiro atoms. The second kappa shape index (κ2) is 5.22. The van der Waals surface area contributed by atoms with Gasteiger partial charge in [-0.3, -0.25) is 0 Å². The molecule has 0 saturated carbocycles. The van der Waals surface area contributed by atoms with Crippen LogP contribution in [0, 0.1) is 11.3 Å². The highest BCUT2D eigenvalue weighted by molar-refractivity contribution is 5.73. The predicted octanol–water partition coefficient (Wildman–Crippen LogP) is 3.58. The topological polar surface area (TPSA) is 74.7 Å². The Morgan fingerprint density at radius 1 is 1.15 bits per heavy atom. The number of nitrogens with one attached hydrogen (secondary N) is 1. The van der Waals surface area contributed by atoms with Crippen molar-refractivity contribution in [2.75, 3.05) is 11.1 Å². The van der Waals surface area contributed by atoms with Gasteiger partial charge in [-0.1, -0.05) is 32.9 Å². The molecule has 2 aromatic rings. The lowest BCUT2D eigenvalue weighted by Crippen LogP contribution is -2.10. The Hall–Kier alpha value is -2.54. The fraction of sp³-hybridized carbons (Fsp3) is 0.250. The Morgan fingerprint density at radius 3 is 2.35 bits per heavy atom. The lowest BCUT2D eigenvalue weighted by Gasteiger charge is -2.19. The molecule has 0 radical (unpaired) electrons. The van der Waals surface area contributed by atoms with Gasteiger partial charge in [0.05, 0.1) is 11.3 Å². The smallest absolute Gasteiger partial charge is 0.154 e. The molecule has 3 N–H and O–H groups in total. The molecular formula is C16H18N4. The van der Waals surface area contributed by atoms with E-state index >= 15 is 0 Å². The number of hydrogen-bond acceptors (Lipinski definition) is 4. The molecule has 0 bridgehead atoms. The van der Waals surface area contributed by atoms with Crippen molar-refractivity contribution in [3.05, 3.63) is 47.7 Å². The normalized spacial score (nSPS) is 10.9. The number of nitriles is 1. The molecule has 0 aliphatic heterocycles. The molecular weight excluding hydrogens is 248 g/mol. The maximum atomic E-state index is 8.95. The Bertz CT molecular complexity index is 646. The van der Waals surface area contributed by atoms with Gasteiger partial charge in [-0.15, -0.1) is 0 Å². The lowest BCUT2D eigenvalue weighted by molar-refractivity contribution is 0.590. The maximum Gasteiger partial charge on any atom is 0.154 e. The third-order valence-corrected chi connectivity index (χ3v) is 3.12. The van der Waals surface area contributed by atoms with E-state index in [2.05, 4.69) is 43.2 Å². The number of pyridine rings is 1. The van der Waals surface area contributed by atoms with Crippen molar-refractivity contribution < 1.29 is 0 Å². The van der Waals surface area contributed by atoms with Gasteiger partial charge in [0.25, 0.3) is 0 Å². The summed E-state index contributed by atoms with van der Waals surface area (Å²) in [7, 11) is 0. The van der Waals surface area contributed by atoms with Crippen LogP contribution in [0.5, 0.6) is 0 Å². The molecule has 0 amide bonds. The molecule has 0 fully saturated rings. The van der Waals surface area contributed by atoms with Crippen LogP contribution in [0.2, 0.25) is 0 Å². The van der Waals surface area contributed by atoms with E-state index in [0.29, 0.717) is 17.1 Å². The van der Waals surface area contributed by atoms with Crippen LogP contribution in [0.25, 0.3) is 0 Å². The molecule has 0 aliphatic rings. The van der Waals surface area contributed by atoms with Crippen LogP contribution < -0.4 is 11.1 Å². The van der Waals surface area contributed by atoms with Gasteiger partial charge in [0.15, 0.2) is 5.82 Å². The number of nitrogens with zero attached hydrogens (tertiary/aromatic N) is 2. The van der Waals surface area contributed by atoms with E-state index in [1.807, 2.05) is 18.2 Å². The van der Waals surface area contributed by atoms with Crippen LogP contribution in [0.4, 0.5) is 17.2 Å². The van der Waals surface area contributed by atoms with Crippen molar-refractivity contribution >= 4 is 17.2 Å². The molecule has 4 heteroatoms. The van der Waals surface area contributed by atoms with Crippen LogP contribution in [0.1, 0.15) is 31.9 Å². The molecule has 20 heavy (non-hydrogen) atoms. The van der Waals surface area contributed by atoms with Crippen LogP contribution in [-0.4, -0.2) is 4.98 Å². The number of benzene rings is 1. The minimum atomic E-state index is 0.122. The van der Waals surface area contributed by atoms with Gasteiger partial charge >= 0.3 is 0 Å². The number of anilines is 3. The van der Waals surface area contributed by atoms with E-state index in [1.54, 1.807) is 12.3 Å². The summed E-state index contributed by atoms with van der Waals surface area (Å²) >= 11 is 0. The average Bonchev–Trinajstić information content (AvgIpc) is 2.41. The van der Waals surface area contributed by atoms with E-state index in [1.165, 1.54) is 5.56 Å². The zero-order valence-corrected chi connectivity index (χ0v) is 11.9. The molecule has 4 nitrogen and oxygen atoms in total. The van der Waals surface area contributed by atoms with E-state index in [-0.39, 0.29) is 5.41 Å². The van der Waals surface area contributed by atoms with Gasteiger partial charge in [-0.05, 0) is 29.2 Å². The Labute approximate surface area is 119 Å². The van der Waals surface area contributed by atoms with E-state index in [9.17, 15) is 0 Å². The number of rotatable bonds is 2. The summed E-state index contributed by atoms with van der Waals surface area (Å²) in [6.07, 6.45) is 1.57. The molecule has 0 saturated heterocycles. The van der Waals surface area contributed by atoms with Crippen LogP contribution in [0.3, 0.4) is 0 Å². The number of nitrogens with two attached hydrogens (primary N) is 1. The number of nitrogen functional groups attached to an aromatic ring is 1.